The van der Waals surface area contributed by atoms with Crippen molar-refractivity contribution < 1.29 is 24.2 Å². The van der Waals surface area contributed by atoms with Crippen molar-refractivity contribution >= 4 is 11.9 Å². The second-order valence-corrected chi connectivity index (χ2v) is 3.61. The van der Waals surface area contributed by atoms with E-state index in [1.54, 1.807) is 13.8 Å². The Morgan fingerprint density at radius 1 is 1.33 bits per heavy atom. The fourth-order valence-electron chi connectivity index (χ4n) is 1.07. The Morgan fingerprint density at radius 2 is 1.93 bits per heavy atom. The summed E-state index contributed by atoms with van der Waals surface area (Å²) in [7, 11) is 1.50. The maximum atomic E-state index is 11.6. The average molecular weight is 218 g/mol. The van der Waals surface area contributed by atoms with E-state index in [1.165, 1.54) is 7.11 Å². The molecule has 0 aliphatic heterocycles. The average Bonchev–Trinajstić information content (AvgIpc) is 2.16. The van der Waals surface area contributed by atoms with Crippen molar-refractivity contribution in [2.45, 2.75) is 26.7 Å². The number of carboxylic acid groups (broad SMARTS) is 1. The zero-order chi connectivity index (χ0) is 11.9. The summed E-state index contributed by atoms with van der Waals surface area (Å²) in [5, 5.41) is 8.67. The van der Waals surface area contributed by atoms with Gasteiger partial charge in [-0.1, -0.05) is 6.92 Å². The van der Waals surface area contributed by atoms with E-state index >= 15 is 0 Å². The minimum Gasteiger partial charge on any atom is -0.481 e. The van der Waals surface area contributed by atoms with Crippen LogP contribution in [0.25, 0.3) is 0 Å². The normalized spacial score (nSPS) is 14.3. The van der Waals surface area contributed by atoms with Gasteiger partial charge >= 0.3 is 11.9 Å². The first-order valence-electron chi connectivity index (χ1n) is 4.84. The Labute approximate surface area is 89.4 Å². The van der Waals surface area contributed by atoms with Crippen LogP contribution in [0.2, 0.25) is 0 Å². The molecule has 0 bridgehead atoms. The predicted octanol–water partition coefficient (Wildman–Crippen LogP) is 1.07. The summed E-state index contributed by atoms with van der Waals surface area (Å²) in [6, 6.07) is 0. The number of ether oxygens (including phenoxy) is 2. The summed E-state index contributed by atoms with van der Waals surface area (Å²) >= 11 is 0. The first-order chi connectivity index (χ1) is 6.96. The number of hydrogen-bond acceptors (Lipinski definition) is 4. The van der Waals surface area contributed by atoms with Crippen LogP contribution in [0.1, 0.15) is 26.7 Å². The van der Waals surface area contributed by atoms with Crippen molar-refractivity contribution in [3.63, 3.8) is 0 Å². The lowest BCUT2D eigenvalue weighted by Crippen LogP contribution is -2.32. The molecule has 88 valence electrons. The zero-order valence-corrected chi connectivity index (χ0v) is 9.41. The summed E-state index contributed by atoms with van der Waals surface area (Å²) in [4.78, 5) is 22.1. The van der Waals surface area contributed by atoms with Crippen LogP contribution in [-0.4, -0.2) is 37.4 Å². The summed E-state index contributed by atoms with van der Waals surface area (Å²) in [5.74, 6) is -1.48. The van der Waals surface area contributed by atoms with E-state index in [0.29, 0.717) is 13.0 Å². The molecule has 0 spiro atoms. The summed E-state index contributed by atoms with van der Waals surface area (Å²) in [6.45, 7) is 3.83. The smallest absolute Gasteiger partial charge is 0.312 e. The van der Waals surface area contributed by atoms with E-state index < -0.39 is 17.4 Å². The van der Waals surface area contributed by atoms with E-state index in [9.17, 15) is 9.59 Å². The van der Waals surface area contributed by atoms with E-state index in [4.69, 9.17) is 14.6 Å². The molecule has 0 rings (SSSR count). The standard InChI is InChI=1S/C10H18O5/c1-4-10(2,7-8(11)12)9(13)15-6-5-14-3/h4-7H2,1-3H3,(H,11,12). The first kappa shape index (κ1) is 13.9. The van der Waals surface area contributed by atoms with Gasteiger partial charge in [-0.2, -0.15) is 0 Å². The van der Waals surface area contributed by atoms with Crippen molar-refractivity contribution in [2.24, 2.45) is 5.41 Å². The largest absolute Gasteiger partial charge is 0.481 e. The monoisotopic (exact) mass is 218 g/mol. The minimum atomic E-state index is -0.997. The molecule has 1 unspecified atom stereocenters. The van der Waals surface area contributed by atoms with Crippen molar-refractivity contribution in [1.82, 2.24) is 0 Å². The highest BCUT2D eigenvalue weighted by Crippen LogP contribution is 2.27. The molecule has 0 aliphatic carbocycles. The van der Waals surface area contributed by atoms with Crippen LogP contribution in [0.15, 0.2) is 0 Å². The number of carboxylic acids is 1. The Morgan fingerprint density at radius 3 is 2.33 bits per heavy atom. The van der Waals surface area contributed by atoms with Crippen LogP contribution in [0.5, 0.6) is 0 Å². The number of hydrogen-bond donors (Lipinski definition) is 1. The van der Waals surface area contributed by atoms with Gasteiger partial charge in [0.25, 0.3) is 0 Å². The molecule has 0 heterocycles. The molecule has 0 radical (unpaired) electrons. The quantitative estimate of drug-likeness (QED) is 0.511. The van der Waals surface area contributed by atoms with Gasteiger partial charge in [0, 0.05) is 7.11 Å². The molecule has 5 nitrogen and oxygen atoms in total. The lowest BCUT2D eigenvalue weighted by molar-refractivity contribution is -0.161. The fraction of sp³-hybridized carbons (Fsp3) is 0.800. The number of rotatable bonds is 7. The van der Waals surface area contributed by atoms with E-state index in [1.807, 2.05) is 0 Å². The number of carbonyl (C=O) groups excluding carboxylic acids is 1. The van der Waals surface area contributed by atoms with E-state index in [-0.39, 0.29) is 13.0 Å². The van der Waals surface area contributed by atoms with E-state index in [0.717, 1.165) is 0 Å². The molecule has 0 saturated heterocycles. The number of aliphatic carboxylic acids is 1. The van der Waals surface area contributed by atoms with Crippen LogP contribution in [0.3, 0.4) is 0 Å². The molecule has 0 aromatic rings. The molecule has 0 fully saturated rings. The molecule has 1 N–H and O–H groups in total. The summed E-state index contributed by atoms with van der Waals surface area (Å²) in [6.07, 6.45) is 0.223. The summed E-state index contributed by atoms with van der Waals surface area (Å²) in [5.41, 5.74) is -0.945. The Hall–Kier alpha value is -1.10. The number of esters is 1. The number of methoxy groups -OCH3 is 1. The van der Waals surface area contributed by atoms with Crippen LogP contribution < -0.4 is 0 Å². The highest BCUT2D eigenvalue weighted by Gasteiger charge is 2.35. The summed E-state index contributed by atoms with van der Waals surface area (Å²) < 4.78 is 9.64. The third-order valence-electron chi connectivity index (χ3n) is 2.34. The van der Waals surface area contributed by atoms with Crippen LogP contribution in [0.4, 0.5) is 0 Å². The lowest BCUT2D eigenvalue weighted by atomic mass is 9.84. The third-order valence-corrected chi connectivity index (χ3v) is 2.34. The van der Waals surface area contributed by atoms with Gasteiger partial charge in [0.05, 0.1) is 18.4 Å². The second kappa shape index (κ2) is 6.40. The maximum Gasteiger partial charge on any atom is 0.312 e. The zero-order valence-electron chi connectivity index (χ0n) is 9.41. The van der Waals surface area contributed by atoms with Crippen molar-refractivity contribution in [2.75, 3.05) is 20.3 Å². The highest BCUT2D eigenvalue weighted by atomic mass is 16.6. The molecular weight excluding hydrogens is 200 g/mol. The van der Waals surface area contributed by atoms with Gasteiger partial charge in [-0.3, -0.25) is 9.59 Å². The maximum absolute atomic E-state index is 11.6. The van der Waals surface area contributed by atoms with Crippen LogP contribution in [0, 0.1) is 5.41 Å². The molecule has 15 heavy (non-hydrogen) atoms. The molecule has 0 aromatic carbocycles. The van der Waals surface area contributed by atoms with Gasteiger partial charge in [0.15, 0.2) is 0 Å². The third kappa shape index (κ3) is 4.78. The molecule has 0 amide bonds. The Balaban J connectivity index is 4.24. The Bertz CT molecular complexity index is 226. The highest BCUT2D eigenvalue weighted by molar-refractivity contribution is 5.82. The lowest BCUT2D eigenvalue weighted by Gasteiger charge is -2.23. The van der Waals surface area contributed by atoms with Crippen molar-refractivity contribution in [1.29, 1.82) is 0 Å². The van der Waals surface area contributed by atoms with Gasteiger partial charge in [-0.25, -0.2) is 0 Å². The first-order valence-corrected chi connectivity index (χ1v) is 4.84. The second-order valence-electron chi connectivity index (χ2n) is 3.61. The van der Waals surface area contributed by atoms with Crippen molar-refractivity contribution in [3.05, 3.63) is 0 Å². The fourth-order valence-corrected chi connectivity index (χ4v) is 1.07. The van der Waals surface area contributed by atoms with Gasteiger partial charge in [-0.05, 0) is 13.3 Å². The van der Waals surface area contributed by atoms with Gasteiger partial charge < -0.3 is 14.6 Å². The number of carbonyl (C=O) groups is 2. The molecular formula is C10H18O5. The van der Waals surface area contributed by atoms with Crippen LogP contribution >= 0.6 is 0 Å². The van der Waals surface area contributed by atoms with Crippen molar-refractivity contribution in [3.8, 4) is 0 Å². The molecule has 1 atom stereocenters. The van der Waals surface area contributed by atoms with Gasteiger partial charge in [0.1, 0.15) is 6.61 Å². The molecule has 0 aliphatic rings. The Kier molecular flexibility index (Phi) is 5.93. The topological polar surface area (TPSA) is 72.8 Å². The van der Waals surface area contributed by atoms with Gasteiger partial charge in [-0.15, -0.1) is 0 Å². The van der Waals surface area contributed by atoms with Gasteiger partial charge in [0.2, 0.25) is 0 Å². The van der Waals surface area contributed by atoms with E-state index in [2.05, 4.69) is 0 Å². The molecule has 5 heteroatoms. The molecule has 0 aromatic heterocycles. The SMILES string of the molecule is CCC(C)(CC(=O)O)C(=O)OCCOC. The predicted molar refractivity (Wildman–Crippen MR) is 53.5 cm³/mol. The molecule has 0 saturated carbocycles. The minimum absolute atomic E-state index is 0.157. The van der Waals surface area contributed by atoms with Crippen LogP contribution in [-0.2, 0) is 19.1 Å².